The van der Waals surface area contributed by atoms with Gasteiger partial charge < -0.3 is 10.2 Å². The molecule has 1 aliphatic heterocycles. The van der Waals surface area contributed by atoms with Crippen LogP contribution in [0.15, 0.2) is 30.7 Å². The van der Waals surface area contributed by atoms with Gasteiger partial charge in [-0.3, -0.25) is 9.89 Å². The average Bonchev–Trinajstić information content (AvgIpc) is 3.40. The van der Waals surface area contributed by atoms with Gasteiger partial charge in [0.1, 0.15) is 11.5 Å². The number of alkyl halides is 1. The third-order valence-corrected chi connectivity index (χ3v) is 6.17. The number of aromatic nitrogens is 5. The summed E-state index contributed by atoms with van der Waals surface area (Å²) in [4.78, 5) is 28.2. The van der Waals surface area contributed by atoms with E-state index in [-0.39, 0.29) is 23.5 Å². The normalized spacial score (nSPS) is 18.5. The average molecular weight is 484 g/mol. The maximum Gasteiger partial charge on any atom is 0.258 e. The molecule has 0 aliphatic carbocycles. The SMILES string of the molecule is CC(C)c1ncc(C(=O)Nc2c(-c3cc(C(C)(C)P)n[nH]3)ccnc2N2CCC(C)(F)C2)cn1. The number of nitrogens with one attached hydrogen (secondary N) is 2. The molecule has 3 aromatic heterocycles. The van der Waals surface area contributed by atoms with Gasteiger partial charge in [-0.05, 0) is 19.1 Å². The second-order valence-corrected chi connectivity index (χ2v) is 11.4. The predicted molar refractivity (Wildman–Crippen MR) is 135 cm³/mol. The minimum atomic E-state index is -1.32. The number of pyridine rings is 1. The highest BCUT2D eigenvalue weighted by atomic mass is 31.0. The highest BCUT2D eigenvalue weighted by molar-refractivity contribution is 7.18. The van der Waals surface area contributed by atoms with Gasteiger partial charge in [-0.2, -0.15) is 5.10 Å². The molecule has 2 N–H and O–H groups in total. The first kappa shape index (κ1) is 24.2. The highest BCUT2D eigenvalue weighted by Crippen LogP contribution is 2.39. The van der Waals surface area contributed by atoms with Crippen LogP contribution in [0.5, 0.6) is 0 Å². The fraction of sp³-hybridized carbons (Fsp3) is 0.458. The summed E-state index contributed by atoms with van der Waals surface area (Å²) in [5.74, 6) is 0.991. The number of carbonyl (C=O) groups excluding carboxylic acids is 1. The molecule has 0 radical (unpaired) electrons. The summed E-state index contributed by atoms with van der Waals surface area (Å²) in [6, 6.07) is 3.76. The summed E-state index contributed by atoms with van der Waals surface area (Å²) in [6.45, 7) is 10.4. The molecule has 1 fully saturated rings. The molecule has 34 heavy (non-hydrogen) atoms. The van der Waals surface area contributed by atoms with Crippen LogP contribution < -0.4 is 10.2 Å². The maximum absolute atomic E-state index is 14.7. The van der Waals surface area contributed by atoms with Gasteiger partial charge in [0, 0.05) is 48.2 Å². The quantitative estimate of drug-likeness (QED) is 0.494. The molecule has 2 unspecified atom stereocenters. The molecule has 0 aromatic carbocycles. The standard InChI is InChI=1S/C24H31FN7OP/c1-14(2)20-27-11-15(12-28-20)22(33)29-19-16(17-10-18(31-30-17)23(3,4)34)6-8-26-21(19)32-9-7-24(5,25)13-32/h6,8,10-12,14H,7,9,13,34H2,1-5H3,(H,29,33)(H,30,31). The monoisotopic (exact) mass is 483 g/mol. The van der Waals surface area contributed by atoms with Crippen LogP contribution in [-0.2, 0) is 5.16 Å². The van der Waals surface area contributed by atoms with Gasteiger partial charge >= 0.3 is 0 Å². The van der Waals surface area contributed by atoms with Gasteiger partial charge in [-0.1, -0.05) is 27.7 Å². The van der Waals surface area contributed by atoms with Crippen molar-refractivity contribution in [2.75, 3.05) is 23.3 Å². The largest absolute Gasteiger partial charge is 0.352 e. The Kier molecular flexibility index (Phi) is 6.42. The number of amides is 1. The first-order valence-corrected chi connectivity index (χ1v) is 11.9. The molecule has 10 heteroatoms. The van der Waals surface area contributed by atoms with E-state index in [1.807, 2.05) is 44.7 Å². The Morgan fingerprint density at radius 1 is 1.29 bits per heavy atom. The zero-order valence-electron chi connectivity index (χ0n) is 20.2. The molecule has 4 rings (SSSR count). The van der Waals surface area contributed by atoms with Crippen molar-refractivity contribution in [1.29, 1.82) is 0 Å². The van der Waals surface area contributed by atoms with Crippen LogP contribution in [0.2, 0.25) is 0 Å². The Balaban J connectivity index is 1.75. The van der Waals surface area contributed by atoms with Gasteiger partial charge in [0.25, 0.3) is 5.91 Å². The zero-order chi connectivity index (χ0) is 24.7. The summed E-state index contributed by atoms with van der Waals surface area (Å²) in [6.07, 6.45) is 5.10. The van der Waals surface area contributed by atoms with Gasteiger partial charge in [0.2, 0.25) is 0 Å². The molecule has 180 valence electrons. The third-order valence-electron chi connectivity index (χ3n) is 5.87. The van der Waals surface area contributed by atoms with E-state index in [1.165, 1.54) is 12.4 Å². The molecule has 4 heterocycles. The number of hydrogen-bond donors (Lipinski definition) is 2. The molecule has 0 bridgehead atoms. The lowest BCUT2D eigenvalue weighted by Crippen LogP contribution is -2.28. The molecule has 2 atom stereocenters. The number of halogens is 1. The van der Waals surface area contributed by atoms with Crippen LogP contribution in [0.3, 0.4) is 0 Å². The van der Waals surface area contributed by atoms with Crippen molar-refractivity contribution in [2.45, 2.75) is 57.8 Å². The van der Waals surface area contributed by atoms with Crippen LogP contribution in [0.25, 0.3) is 11.3 Å². The van der Waals surface area contributed by atoms with Crippen molar-refractivity contribution in [3.05, 3.63) is 47.8 Å². The number of H-pyrrole nitrogens is 1. The molecule has 8 nitrogen and oxygen atoms in total. The van der Waals surface area contributed by atoms with E-state index in [1.54, 1.807) is 13.1 Å². The first-order valence-electron chi connectivity index (χ1n) is 11.4. The van der Waals surface area contributed by atoms with Crippen molar-refractivity contribution in [2.24, 2.45) is 0 Å². The highest BCUT2D eigenvalue weighted by Gasteiger charge is 2.36. The van der Waals surface area contributed by atoms with Crippen LogP contribution in [0.1, 0.15) is 68.8 Å². The lowest BCUT2D eigenvalue weighted by Gasteiger charge is -2.23. The van der Waals surface area contributed by atoms with E-state index >= 15 is 0 Å². The molecule has 1 amide bonds. The van der Waals surface area contributed by atoms with Crippen molar-refractivity contribution in [3.8, 4) is 11.3 Å². The summed E-state index contributed by atoms with van der Waals surface area (Å²) < 4.78 is 14.7. The Bertz CT molecular complexity index is 1180. The van der Waals surface area contributed by atoms with Gasteiger partial charge in [-0.25, -0.2) is 19.3 Å². The number of rotatable bonds is 6. The van der Waals surface area contributed by atoms with Crippen molar-refractivity contribution in [1.82, 2.24) is 25.1 Å². The van der Waals surface area contributed by atoms with Crippen molar-refractivity contribution < 1.29 is 9.18 Å². The lowest BCUT2D eigenvalue weighted by atomic mass is 10.1. The minimum absolute atomic E-state index is 0.161. The summed E-state index contributed by atoms with van der Waals surface area (Å²) in [5, 5.41) is 10.3. The van der Waals surface area contributed by atoms with E-state index < -0.39 is 5.67 Å². The minimum Gasteiger partial charge on any atom is -0.352 e. The van der Waals surface area contributed by atoms with Crippen LogP contribution in [-0.4, -0.2) is 49.8 Å². The Hall–Kier alpha value is -2.93. The molecule has 1 saturated heterocycles. The second-order valence-electron chi connectivity index (χ2n) is 9.97. The van der Waals surface area contributed by atoms with Crippen LogP contribution in [0, 0.1) is 0 Å². The first-order chi connectivity index (χ1) is 15.9. The Morgan fingerprint density at radius 2 is 2.00 bits per heavy atom. The Labute approximate surface area is 201 Å². The predicted octanol–water partition coefficient (Wildman–Crippen LogP) is 4.69. The molecular formula is C24H31FN7OP. The zero-order valence-corrected chi connectivity index (χ0v) is 21.3. The van der Waals surface area contributed by atoms with Crippen LogP contribution in [0.4, 0.5) is 15.9 Å². The number of carbonyl (C=O) groups is 1. The van der Waals surface area contributed by atoms with E-state index in [4.69, 9.17) is 0 Å². The summed E-state index contributed by atoms with van der Waals surface area (Å²) in [5.41, 5.74) is 1.83. The smallest absolute Gasteiger partial charge is 0.258 e. The fourth-order valence-electron chi connectivity index (χ4n) is 3.87. The molecule has 3 aromatic rings. The number of aromatic amines is 1. The van der Waals surface area contributed by atoms with E-state index in [0.29, 0.717) is 35.9 Å². The third kappa shape index (κ3) is 5.09. The molecule has 1 aliphatic rings. The van der Waals surface area contributed by atoms with E-state index in [2.05, 4.69) is 39.7 Å². The van der Waals surface area contributed by atoms with Crippen molar-refractivity contribution in [3.63, 3.8) is 0 Å². The topological polar surface area (TPSA) is 99.7 Å². The van der Waals surface area contributed by atoms with E-state index in [9.17, 15) is 9.18 Å². The Morgan fingerprint density at radius 3 is 2.56 bits per heavy atom. The fourth-order valence-corrected chi connectivity index (χ4v) is 4.02. The molecule has 0 spiro atoms. The van der Waals surface area contributed by atoms with E-state index in [0.717, 1.165) is 17.0 Å². The van der Waals surface area contributed by atoms with Gasteiger partial charge in [0.05, 0.1) is 29.2 Å². The number of hydrogen-bond acceptors (Lipinski definition) is 6. The number of nitrogens with zero attached hydrogens (tertiary/aromatic N) is 5. The maximum atomic E-state index is 14.7. The second kappa shape index (κ2) is 9.02. The van der Waals surface area contributed by atoms with Gasteiger partial charge in [0.15, 0.2) is 5.82 Å². The summed E-state index contributed by atoms with van der Waals surface area (Å²) in [7, 11) is 2.77. The molecular weight excluding hydrogens is 452 g/mol. The van der Waals surface area contributed by atoms with Gasteiger partial charge in [-0.15, -0.1) is 9.24 Å². The lowest BCUT2D eigenvalue weighted by molar-refractivity contribution is 0.102. The number of anilines is 2. The molecule has 0 saturated carbocycles. The van der Waals surface area contributed by atoms with Crippen LogP contribution >= 0.6 is 9.24 Å². The summed E-state index contributed by atoms with van der Waals surface area (Å²) >= 11 is 0. The van der Waals surface area contributed by atoms with Crippen molar-refractivity contribution >= 4 is 26.7 Å².